The highest BCUT2D eigenvalue weighted by Crippen LogP contribution is 2.39. The van der Waals surface area contributed by atoms with Crippen LogP contribution in [-0.4, -0.2) is 10.2 Å². The third-order valence-corrected chi connectivity index (χ3v) is 3.93. The van der Waals surface area contributed by atoms with Crippen molar-refractivity contribution >= 4 is 8.81 Å². The lowest BCUT2D eigenvalue weighted by Gasteiger charge is -2.31. The van der Waals surface area contributed by atoms with Crippen LogP contribution in [0.5, 0.6) is 5.75 Å². The minimum absolute atomic E-state index is 0.00520. The van der Waals surface area contributed by atoms with E-state index in [1.165, 1.54) is 11.1 Å². The van der Waals surface area contributed by atoms with Crippen molar-refractivity contribution in [1.82, 2.24) is 0 Å². The molecule has 0 aliphatic carbocycles. The molecule has 1 rings (SSSR count). The van der Waals surface area contributed by atoms with Crippen LogP contribution in [0.4, 0.5) is 0 Å². The number of hydrogen-bond acceptors (Lipinski definition) is 2. The second kappa shape index (κ2) is 5.66. The molecule has 1 unspecified atom stereocenters. The molecular weight excluding hydrogens is 267 g/mol. The Morgan fingerprint density at radius 3 is 1.85 bits per heavy atom. The first-order valence-electron chi connectivity index (χ1n) is 7.12. The Morgan fingerprint density at radius 1 is 0.900 bits per heavy atom. The summed E-state index contributed by atoms with van der Waals surface area (Å²) in [6, 6.07) is 6.41. The van der Waals surface area contributed by atoms with Crippen molar-refractivity contribution in [3.8, 4) is 5.75 Å². The lowest BCUT2D eigenvalue weighted by Crippen LogP contribution is -2.25. The minimum atomic E-state index is -0.538. The summed E-state index contributed by atoms with van der Waals surface area (Å²) in [6.45, 7) is 17.0. The lowest BCUT2D eigenvalue weighted by molar-refractivity contribution is 0.189. The molecule has 0 aliphatic heterocycles. The molecule has 3 heteroatoms. The molecule has 20 heavy (non-hydrogen) atoms. The monoisotopic (exact) mass is 296 g/mol. The fourth-order valence-electron chi connectivity index (χ4n) is 1.97. The molecule has 2 nitrogen and oxygen atoms in total. The zero-order valence-corrected chi connectivity index (χ0v) is 15.1. The fourth-order valence-corrected chi connectivity index (χ4v) is 2.12. The zero-order chi connectivity index (χ0) is 15.8. The van der Waals surface area contributed by atoms with Gasteiger partial charge in [-0.3, -0.25) is 0 Å². The number of benzene rings is 1. The maximum absolute atomic E-state index is 9.44. The van der Waals surface area contributed by atoms with Crippen molar-refractivity contribution in [2.24, 2.45) is 0 Å². The maximum Gasteiger partial charge on any atom is 0.143 e. The summed E-state index contributed by atoms with van der Waals surface area (Å²) in [5.41, 5.74) is 2.62. The van der Waals surface area contributed by atoms with Crippen LogP contribution < -0.4 is 4.74 Å². The van der Waals surface area contributed by atoms with E-state index in [-0.39, 0.29) is 19.6 Å². The van der Waals surface area contributed by atoms with E-state index in [0.29, 0.717) is 0 Å². The average molecular weight is 296 g/mol. The van der Waals surface area contributed by atoms with E-state index in [9.17, 15) is 4.89 Å². The van der Waals surface area contributed by atoms with Crippen LogP contribution in [-0.2, 0) is 10.8 Å². The highest BCUT2D eigenvalue weighted by atomic mass is 31.1. The number of hydrogen-bond donors (Lipinski definition) is 1. The van der Waals surface area contributed by atoms with Gasteiger partial charge in [-0.05, 0) is 41.9 Å². The molecule has 1 atom stereocenters. The second-order valence-corrected chi connectivity index (χ2v) is 9.36. The first-order valence-corrected chi connectivity index (χ1v) is 8.07. The standard InChI is InChI=1S/C17H29O2P/c1-15(2,3)12-9-10-14(19-17(7,8)20-18)13(11-12)16(4,5)6/h9-11,18,20H,1-8H3. The van der Waals surface area contributed by atoms with E-state index in [2.05, 4.69) is 53.7 Å². The summed E-state index contributed by atoms with van der Waals surface area (Å²) in [4.78, 5) is 9.44. The predicted molar refractivity (Wildman–Crippen MR) is 89.1 cm³/mol. The van der Waals surface area contributed by atoms with Gasteiger partial charge in [0.25, 0.3) is 0 Å². The van der Waals surface area contributed by atoms with Gasteiger partial charge in [0, 0.05) is 0 Å². The van der Waals surface area contributed by atoms with Crippen LogP contribution in [0.3, 0.4) is 0 Å². The summed E-state index contributed by atoms with van der Waals surface area (Å²) >= 11 is 0. The SMILES string of the molecule is CC(C)(Oc1ccc(C(C)(C)C)cc1C(C)(C)C)PO. The van der Waals surface area contributed by atoms with Gasteiger partial charge >= 0.3 is 0 Å². The molecular formula is C17H29O2P. The van der Waals surface area contributed by atoms with E-state index in [1.54, 1.807) is 0 Å². The van der Waals surface area contributed by atoms with Gasteiger partial charge in [-0.25, -0.2) is 0 Å². The molecule has 0 heterocycles. The Hall–Kier alpha value is -0.590. The molecule has 114 valence electrons. The summed E-state index contributed by atoms with van der Waals surface area (Å²) in [7, 11) is -0.246. The van der Waals surface area contributed by atoms with Crippen LogP contribution in [0.1, 0.15) is 66.5 Å². The molecule has 0 aromatic heterocycles. The van der Waals surface area contributed by atoms with Crippen molar-refractivity contribution in [3.63, 3.8) is 0 Å². The van der Waals surface area contributed by atoms with Crippen molar-refractivity contribution in [3.05, 3.63) is 29.3 Å². The van der Waals surface area contributed by atoms with Crippen molar-refractivity contribution < 1.29 is 9.63 Å². The summed E-state index contributed by atoms with van der Waals surface area (Å²) in [5.74, 6) is 0.872. The quantitative estimate of drug-likeness (QED) is 0.797. The second-order valence-electron chi connectivity index (χ2n) is 7.94. The van der Waals surface area contributed by atoms with Crippen LogP contribution in [0.25, 0.3) is 0 Å². The van der Waals surface area contributed by atoms with Gasteiger partial charge in [-0.1, -0.05) is 53.7 Å². The number of ether oxygens (including phenoxy) is 1. The Morgan fingerprint density at radius 2 is 1.45 bits per heavy atom. The maximum atomic E-state index is 9.44. The smallest absolute Gasteiger partial charge is 0.143 e. The van der Waals surface area contributed by atoms with Crippen molar-refractivity contribution in [1.29, 1.82) is 0 Å². The molecule has 0 aliphatic rings. The van der Waals surface area contributed by atoms with E-state index in [1.807, 2.05) is 19.9 Å². The predicted octanol–water partition coefficient (Wildman–Crippen LogP) is 4.98. The molecule has 0 saturated heterocycles. The molecule has 0 saturated carbocycles. The van der Waals surface area contributed by atoms with Gasteiger partial charge in [0.2, 0.25) is 0 Å². The van der Waals surface area contributed by atoms with Crippen LogP contribution in [0.15, 0.2) is 18.2 Å². The van der Waals surface area contributed by atoms with Crippen molar-refractivity contribution in [2.75, 3.05) is 0 Å². The molecule has 1 aromatic rings. The van der Waals surface area contributed by atoms with Crippen LogP contribution >= 0.6 is 8.81 Å². The van der Waals surface area contributed by atoms with Gasteiger partial charge in [0.1, 0.15) is 11.1 Å². The molecule has 1 N–H and O–H groups in total. The Kier molecular flexibility index (Phi) is 4.94. The lowest BCUT2D eigenvalue weighted by atomic mass is 9.80. The summed E-state index contributed by atoms with van der Waals surface area (Å²) in [5, 5.41) is -0.538. The topological polar surface area (TPSA) is 29.5 Å². The van der Waals surface area contributed by atoms with Crippen LogP contribution in [0, 0.1) is 0 Å². The number of rotatable bonds is 3. The molecule has 0 bridgehead atoms. The highest BCUT2D eigenvalue weighted by molar-refractivity contribution is 7.32. The first kappa shape index (κ1) is 17.5. The van der Waals surface area contributed by atoms with E-state index < -0.39 is 5.34 Å². The van der Waals surface area contributed by atoms with Gasteiger partial charge in [-0.15, -0.1) is 0 Å². The molecule has 1 aromatic carbocycles. The Labute approximate surface area is 125 Å². The fraction of sp³-hybridized carbons (Fsp3) is 0.647. The van der Waals surface area contributed by atoms with Gasteiger partial charge in [0.05, 0.1) is 8.81 Å². The normalized spacial score (nSPS) is 14.1. The Bertz CT molecular complexity index is 465. The van der Waals surface area contributed by atoms with E-state index in [0.717, 1.165) is 5.75 Å². The zero-order valence-electron chi connectivity index (χ0n) is 14.1. The third-order valence-electron chi connectivity index (χ3n) is 3.29. The van der Waals surface area contributed by atoms with Crippen LogP contribution in [0.2, 0.25) is 0 Å². The molecule has 0 radical (unpaired) electrons. The average Bonchev–Trinajstić information content (AvgIpc) is 2.26. The van der Waals surface area contributed by atoms with Gasteiger partial charge in [-0.2, -0.15) is 0 Å². The summed E-state index contributed by atoms with van der Waals surface area (Å²) in [6.07, 6.45) is 0. The van der Waals surface area contributed by atoms with Gasteiger partial charge < -0.3 is 9.63 Å². The largest absolute Gasteiger partial charge is 0.481 e. The molecule has 0 spiro atoms. The van der Waals surface area contributed by atoms with Gasteiger partial charge in [0.15, 0.2) is 0 Å². The first-order chi connectivity index (χ1) is 8.87. The molecule has 0 fully saturated rings. The van der Waals surface area contributed by atoms with E-state index in [4.69, 9.17) is 4.74 Å². The Balaban J connectivity index is 3.32. The minimum Gasteiger partial charge on any atom is -0.481 e. The van der Waals surface area contributed by atoms with Crippen molar-refractivity contribution in [2.45, 2.75) is 71.6 Å². The summed E-state index contributed by atoms with van der Waals surface area (Å²) < 4.78 is 6.04. The molecule has 0 amide bonds. The highest BCUT2D eigenvalue weighted by Gasteiger charge is 2.26. The third kappa shape index (κ3) is 4.46. The van der Waals surface area contributed by atoms with E-state index >= 15 is 0 Å².